The molecule has 2 aromatic carbocycles. The van der Waals surface area contributed by atoms with E-state index in [4.69, 9.17) is 0 Å². The summed E-state index contributed by atoms with van der Waals surface area (Å²) in [6.45, 7) is 2.13. The molecule has 1 amide bonds. The molecule has 104 valence electrons. The van der Waals surface area contributed by atoms with E-state index in [0.29, 0.717) is 12.3 Å². The smallest absolute Gasteiger partial charge is 0.224 e. The molecule has 0 fully saturated rings. The van der Waals surface area contributed by atoms with Gasteiger partial charge in [0, 0.05) is 12.1 Å². The van der Waals surface area contributed by atoms with Gasteiger partial charge in [0.05, 0.1) is 0 Å². The zero-order valence-corrected chi connectivity index (χ0v) is 11.9. The third-order valence-electron chi connectivity index (χ3n) is 3.36. The Kier molecular flexibility index (Phi) is 5.36. The van der Waals surface area contributed by atoms with Gasteiger partial charge in [-0.3, -0.25) is 4.79 Å². The lowest BCUT2D eigenvalue weighted by Crippen LogP contribution is -2.15. The number of carbonyl (C=O) groups excluding carboxylic acids is 1. The standard InChI is InChI=1S/C18H21NO/c1-15(12-13-16-8-4-2-5-9-16)14-18(20)19-17-10-6-3-7-11-17/h2-11,15H,12-14H2,1H3,(H,19,20)/t15-/m1/s1. The summed E-state index contributed by atoms with van der Waals surface area (Å²) in [7, 11) is 0. The van der Waals surface area contributed by atoms with Crippen LogP contribution < -0.4 is 5.32 Å². The molecular formula is C18H21NO. The highest BCUT2D eigenvalue weighted by Gasteiger charge is 2.09. The Morgan fingerprint density at radius 1 is 1.00 bits per heavy atom. The molecule has 0 aliphatic rings. The van der Waals surface area contributed by atoms with Crippen LogP contribution in [-0.4, -0.2) is 5.91 Å². The first-order valence-corrected chi connectivity index (χ1v) is 7.13. The van der Waals surface area contributed by atoms with Crippen LogP contribution in [0.1, 0.15) is 25.3 Å². The van der Waals surface area contributed by atoms with Crippen molar-refractivity contribution >= 4 is 11.6 Å². The van der Waals surface area contributed by atoms with Crippen LogP contribution in [0.15, 0.2) is 60.7 Å². The number of rotatable bonds is 6. The number of aryl methyl sites for hydroxylation is 1. The summed E-state index contributed by atoms with van der Waals surface area (Å²) in [6.07, 6.45) is 2.63. The molecule has 0 aliphatic heterocycles. The van der Waals surface area contributed by atoms with Crippen LogP contribution in [0, 0.1) is 5.92 Å². The van der Waals surface area contributed by atoms with Crippen LogP contribution in [0.3, 0.4) is 0 Å². The summed E-state index contributed by atoms with van der Waals surface area (Å²) in [5.41, 5.74) is 2.20. The van der Waals surface area contributed by atoms with E-state index in [-0.39, 0.29) is 5.91 Å². The molecule has 0 aromatic heterocycles. The third kappa shape index (κ3) is 4.88. The van der Waals surface area contributed by atoms with Gasteiger partial charge in [0.2, 0.25) is 5.91 Å². The van der Waals surface area contributed by atoms with Gasteiger partial charge in [-0.2, -0.15) is 0 Å². The molecule has 1 atom stereocenters. The summed E-state index contributed by atoms with van der Waals surface area (Å²) in [5.74, 6) is 0.482. The molecule has 0 heterocycles. The van der Waals surface area contributed by atoms with Crippen LogP contribution in [-0.2, 0) is 11.2 Å². The zero-order chi connectivity index (χ0) is 14.2. The van der Waals surface area contributed by atoms with Gasteiger partial charge >= 0.3 is 0 Å². The molecule has 20 heavy (non-hydrogen) atoms. The Morgan fingerprint density at radius 2 is 1.60 bits per heavy atom. The van der Waals surface area contributed by atoms with E-state index in [1.807, 2.05) is 36.4 Å². The normalized spacial score (nSPS) is 11.8. The maximum atomic E-state index is 11.9. The van der Waals surface area contributed by atoms with Crippen molar-refractivity contribution < 1.29 is 4.79 Å². The fraction of sp³-hybridized carbons (Fsp3) is 0.278. The van der Waals surface area contributed by atoms with Crippen molar-refractivity contribution in [2.45, 2.75) is 26.2 Å². The minimum Gasteiger partial charge on any atom is -0.326 e. The average molecular weight is 267 g/mol. The van der Waals surface area contributed by atoms with E-state index in [9.17, 15) is 4.79 Å². The van der Waals surface area contributed by atoms with Crippen LogP contribution in [0.25, 0.3) is 0 Å². The summed E-state index contributed by atoms with van der Waals surface area (Å²) in [4.78, 5) is 11.9. The summed E-state index contributed by atoms with van der Waals surface area (Å²) >= 11 is 0. The lowest BCUT2D eigenvalue weighted by atomic mass is 9.98. The minimum atomic E-state index is 0.0942. The van der Waals surface area contributed by atoms with E-state index >= 15 is 0 Å². The summed E-state index contributed by atoms with van der Waals surface area (Å²) in [6, 6.07) is 20.0. The monoisotopic (exact) mass is 267 g/mol. The number of carbonyl (C=O) groups is 1. The molecule has 2 heteroatoms. The first-order chi connectivity index (χ1) is 9.74. The van der Waals surface area contributed by atoms with Crippen molar-refractivity contribution in [2.24, 2.45) is 5.92 Å². The van der Waals surface area contributed by atoms with Gasteiger partial charge in [0.1, 0.15) is 0 Å². The Labute approximate surface area is 120 Å². The van der Waals surface area contributed by atoms with Crippen LogP contribution in [0.2, 0.25) is 0 Å². The molecule has 0 saturated carbocycles. The molecule has 0 aliphatic carbocycles. The lowest BCUT2D eigenvalue weighted by Gasteiger charge is -2.11. The van der Waals surface area contributed by atoms with Gasteiger partial charge < -0.3 is 5.32 Å². The first-order valence-electron chi connectivity index (χ1n) is 7.13. The first kappa shape index (κ1) is 14.3. The lowest BCUT2D eigenvalue weighted by molar-refractivity contribution is -0.117. The van der Waals surface area contributed by atoms with Crippen LogP contribution in [0.5, 0.6) is 0 Å². The second-order valence-electron chi connectivity index (χ2n) is 5.25. The highest BCUT2D eigenvalue weighted by Crippen LogP contribution is 2.14. The van der Waals surface area contributed by atoms with Crippen molar-refractivity contribution in [3.8, 4) is 0 Å². The molecule has 0 unspecified atom stereocenters. The summed E-state index contributed by atoms with van der Waals surface area (Å²) in [5, 5.41) is 2.93. The molecule has 0 spiro atoms. The fourth-order valence-corrected chi connectivity index (χ4v) is 2.21. The van der Waals surface area contributed by atoms with E-state index < -0.39 is 0 Å². The second-order valence-corrected chi connectivity index (χ2v) is 5.25. The SMILES string of the molecule is C[C@H](CCc1ccccc1)CC(=O)Nc1ccccc1. The van der Waals surface area contributed by atoms with Gasteiger partial charge in [0.15, 0.2) is 0 Å². The minimum absolute atomic E-state index is 0.0942. The number of hydrogen-bond acceptors (Lipinski definition) is 1. The van der Waals surface area contributed by atoms with Crippen LogP contribution in [0.4, 0.5) is 5.69 Å². The van der Waals surface area contributed by atoms with Gasteiger partial charge in [0.25, 0.3) is 0 Å². The highest BCUT2D eigenvalue weighted by molar-refractivity contribution is 5.90. The second kappa shape index (κ2) is 7.49. The van der Waals surface area contributed by atoms with Gasteiger partial charge in [-0.25, -0.2) is 0 Å². The fourth-order valence-electron chi connectivity index (χ4n) is 2.21. The molecule has 2 aromatic rings. The molecule has 2 nitrogen and oxygen atoms in total. The maximum Gasteiger partial charge on any atom is 0.224 e. The van der Waals surface area contributed by atoms with Crippen molar-refractivity contribution in [2.75, 3.05) is 5.32 Å². The van der Waals surface area contributed by atoms with Crippen molar-refractivity contribution in [3.63, 3.8) is 0 Å². The number of hydrogen-bond donors (Lipinski definition) is 1. The topological polar surface area (TPSA) is 29.1 Å². The number of benzene rings is 2. The molecule has 1 N–H and O–H groups in total. The van der Waals surface area contributed by atoms with Crippen LogP contribution >= 0.6 is 0 Å². The number of anilines is 1. The maximum absolute atomic E-state index is 11.9. The Hall–Kier alpha value is -2.09. The summed E-state index contributed by atoms with van der Waals surface area (Å²) < 4.78 is 0. The zero-order valence-electron chi connectivity index (χ0n) is 11.9. The molecule has 0 saturated heterocycles. The predicted octanol–water partition coefficient (Wildman–Crippen LogP) is 4.28. The predicted molar refractivity (Wildman–Crippen MR) is 83.6 cm³/mol. The molecule has 0 bridgehead atoms. The molecular weight excluding hydrogens is 246 g/mol. The quantitative estimate of drug-likeness (QED) is 0.831. The Balaban J connectivity index is 1.74. The largest absolute Gasteiger partial charge is 0.326 e. The Morgan fingerprint density at radius 3 is 2.25 bits per heavy atom. The number of nitrogens with one attached hydrogen (secondary N) is 1. The Bertz CT molecular complexity index is 522. The number of amides is 1. The van der Waals surface area contributed by atoms with E-state index in [0.717, 1.165) is 18.5 Å². The van der Waals surface area contributed by atoms with E-state index in [2.05, 4.69) is 36.5 Å². The number of para-hydroxylation sites is 1. The molecule has 0 radical (unpaired) electrons. The van der Waals surface area contributed by atoms with Gasteiger partial charge in [-0.15, -0.1) is 0 Å². The van der Waals surface area contributed by atoms with E-state index in [1.165, 1.54) is 5.56 Å². The highest BCUT2D eigenvalue weighted by atomic mass is 16.1. The van der Waals surface area contributed by atoms with Crippen molar-refractivity contribution in [1.29, 1.82) is 0 Å². The average Bonchev–Trinajstić information content (AvgIpc) is 2.47. The van der Waals surface area contributed by atoms with Gasteiger partial charge in [-0.1, -0.05) is 55.5 Å². The third-order valence-corrected chi connectivity index (χ3v) is 3.36. The van der Waals surface area contributed by atoms with Gasteiger partial charge in [-0.05, 0) is 36.5 Å². The van der Waals surface area contributed by atoms with Crippen molar-refractivity contribution in [1.82, 2.24) is 0 Å². The van der Waals surface area contributed by atoms with E-state index in [1.54, 1.807) is 0 Å². The van der Waals surface area contributed by atoms with Crippen molar-refractivity contribution in [3.05, 3.63) is 66.2 Å². The molecule has 2 rings (SSSR count).